The van der Waals surface area contributed by atoms with Crippen LogP contribution in [0, 0.1) is 11.6 Å². The SMILES string of the molecule is OCCCn1cc(CNc2c(F)cc(F)cc2Br)nn1. The van der Waals surface area contributed by atoms with Crippen molar-refractivity contribution in [2.75, 3.05) is 11.9 Å². The summed E-state index contributed by atoms with van der Waals surface area (Å²) in [4.78, 5) is 0. The molecule has 0 radical (unpaired) electrons. The van der Waals surface area contributed by atoms with E-state index >= 15 is 0 Å². The van der Waals surface area contributed by atoms with E-state index in [0.29, 0.717) is 23.1 Å². The molecule has 0 atom stereocenters. The summed E-state index contributed by atoms with van der Waals surface area (Å²) in [7, 11) is 0. The van der Waals surface area contributed by atoms with Crippen molar-refractivity contribution in [2.24, 2.45) is 0 Å². The van der Waals surface area contributed by atoms with Crippen molar-refractivity contribution >= 4 is 21.6 Å². The minimum absolute atomic E-state index is 0.0845. The number of aliphatic hydroxyl groups is 1. The zero-order valence-corrected chi connectivity index (χ0v) is 12.1. The highest BCUT2D eigenvalue weighted by molar-refractivity contribution is 9.10. The lowest BCUT2D eigenvalue weighted by Crippen LogP contribution is -2.03. The minimum atomic E-state index is -0.676. The Morgan fingerprint density at radius 1 is 1.35 bits per heavy atom. The molecular formula is C12H13BrF2N4O. The smallest absolute Gasteiger partial charge is 0.150 e. The van der Waals surface area contributed by atoms with Crippen molar-refractivity contribution in [3.8, 4) is 0 Å². The maximum absolute atomic E-state index is 13.6. The van der Waals surface area contributed by atoms with Crippen LogP contribution in [-0.4, -0.2) is 26.7 Å². The molecule has 0 aliphatic carbocycles. The van der Waals surface area contributed by atoms with E-state index < -0.39 is 11.6 Å². The molecule has 0 unspecified atom stereocenters. The quantitative estimate of drug-likeness (QED) is 0.842. The molecule has 8 heteroatoms. The molecule has 20 heavy (non-hydrogen) atoms. The Morgan fingerprint density at radius 3 is 2.85 bits per heavy atom. The maximum atomic E-state index is 13.6. The largest absolute Gasteiger partial charge is 0.396 e. The third kappa shape index (κ3) is 3.73. The van der Waals surface area contributed by atoms with Crippen molar-refractivity contribution in [3.63, 3.8) is 0 Å². The van der Waals surface area contributed by atoms with Crippen LogP contribution in [0.15, 0.2) is 22.8 Å². The van der Waals surface area contributed by atoms with Gasteiger partial charge in [-0.25, -0.2) is 8.78 Å². The summed E-state index contributed by atoms with van der Waals surface area (Å²) in [5, 5.41) is 19.4. The molecule has 0 bridgehead atoms. The summed E-state index contributed by atoms with van der Waals surface area (Å²) >= 11 is 3.10. The molecule has 2 N–H and O–H groups in total. The van der Waals surface area contributed by atoms with E-state index in [1.165, 1.54) is 6.07 Å². The van der Waals surface area contributed by atoms with E-state index in [1.807, 2.05) is 0 Å². The molecule has 2 rings (SSSR count). The van der Waals surface area contributed by atoms with Crippen LogP contribution in [0.1, 0.15) is 12.1 Å². The van der Waals surface area contributed by atoms with Gasteiger partial charge in [0.15, 0.2) is 0 Å². The first-order valence-electron chi connectivity index (χ1n) is 5.98. The molecule has 5 nitrogen and oxygen atoms in total. The van der Waals surface area contributed by atoms with E-state index in [2.05, 4.69) is 31.6 Å². The van der Waals surface area contributed by atoms with Crippen molar-refractivity contribution in [2.45, 2.75) is 19.5 Å². The summed E-state index contributed by atoms with van der Waals surface area (Å²) in [6, 6.07) is 1.99. The molecule has 0 saturated carbocycles. The van der Waals surface area contributed by atoms with Crippen LogP contribution in [0.3, 0.4) is 0 Å². The second-order valence-corrected chi connectivity index (χ2v) is 5.00. The Hall–Kier alpha value is -1.54. The fourth-order valence-corrected chi connectivity index (χ4v) is 2.20. The summed E-state index contributed by atoms with van der Waals surface area (Å²) in [5.74, 6) is -1.32. The molecule has 1 heterocycles. The Balaban J connectivity index is 2.00. The predicted molar refractivity (Wildman–Crippen MR) is 73.1 cm³/mol. The van der Waals surface area contributed by atoms with Crippen molar-refractivity contribution in [1.82, 2.24) is 15.0 Å². The highest BCUT2D eigenvalue weighted by Crippen LogP contribution is 2.27. The van der Waals surface area contributed by atoms with Gasteiger partial charge in [0.2, 0.25) is 0 Å². The highest BCUT2D eigenvalue weighted by Gasteiger charge is 2.10. The number of nitrogens with one attached hydrogen (secondary N) is 1. The molecule has 0 amide bonds. The number of nitrogens with zero attached hydrogens (tertiary/aromatic N) is 3. The number of benzene rings is 1. The Kier molecular flexibility index (Phi) is 5.02. The van der Waals surface area contributed by atoms with Crippen molar-refractivity contribution < 1.29 is 13.9 Å². The normalized spacial score (nSPS) is 10.8. The zero-order valence-electron chi connectivity index (χ0n) is 10.5. The molecule has 0 aliphatic rings. The molecule has 108 valence electrons. The average molecular weight is 347 g/mol. The first-order valence-corrected chi connectivity index (χ1v) is 6.77. The number of anilines is 1. The standard InChI is InChI=1S/C12H13BrF2N4O/c13-10-4-8(14)5-11(15)12(10)16-6-9-7-19(18-17-9)2-1-3-20/h4-5,7,16,20H,1-3,6H2. The van der Waals surface area contributed by atoms with Gasteiger partial charge in [-0.1, -0.05) is 5.21 Å². The Labute approximate surface area is 122 Å². The fourth-order valence-electron chi connectivity index (χ4n) is 1.65. The summed E-state index contributed by atoms with van der Waals surface area (Å²) in [6.45, 7) is 0.916. The lowest BCUT2D eigenvalue weighted by atomic mass is 10.3. The van der Waals surface area contributed by atoms with E-state index in [1.54, 1.807) is 10.9 Å². The molecule has 0 fully saturated rings. The van der Waals surface area contributed by atoms with E-state index in [-0.39, 0.29) is 18.8 Å². The van der Waals surface area contributed by atoms with Crippen LogP contribution in [0.2, 0.25) is 0 Å². The van der Waals surface area contributed by atoms with E-state index in [0.717, 1.165) is 6.07 Å². The van der Waals surface area contributed by atoms with Crippen LogP contribution in [0.25, 0.3) is 0 Å². The van der Waals surface area contributed by atoms with Gasteiger partial charge in [-0.2, -0.15) is 0 Å². The Morgan fingerprint density at radius 2 is 2.15 bits per heavy atom. The predicted octanol–water partition coefficient (Wildman–Crippen LogP) is 2.31. The topological polar surface area (TPSA) is 63.0 Å². The van der Waals surface area contributed by atoms with E-state index in [4.69, 9.17) is 5.11 Å². The van der Waals surface area contributed by atoms with Gasteiger partial charge in [-0.3, -0.25) is 4.68 Å². The van der Waals surface area contributed by atoms with Crippen LogP contribution >= 0.6 is 15.9 Å². The van der Waals surface area contributed by atoms with E-state index in [9.17, 15) is 8.78 Å². The van der Waals surface area contributed by atoms with Gasteiger partial charge in [0.1, 0.15) is 17.3 Å². The summed E-state index contributed by atoms with van der Waals surface area (Å²) in [5.41, 5.74) is 0.801. The highest BCUT2D eigenvalue weighted by atomic mass is 79.9. The van der Waals surface area contributed by atoms with Gasteiger partial charge in [0.25, 0.3) is 0 Å². The van der Waals surface area contributed by atoms with Crippen LogP contribution in [0.4, 0.5) is 14.5 Å². The summed E-state index contributed by atoms with van der Waals surface area (Å²) < 4.78 is 28.4. The number of halogens is 3. The number of hydrogen-bond acceptors (Lipinski definition) is 4. The maximum Gasteiger partial charge on any atom is 0.150 e. The first kappa shape index (κ1) is 14.9. The lowest BCUT2D eigenvalue weighted by Gasteiger charge is -2.08. The van der Waals surface area contributed by atoms with Crippen LogP contribution in [0.5, 0.6) is 0 Å². The second-order valence-electron chi connectivity index (χ2n) is 4.15. The third-order valence-corrected chi connectivity index (χ3v) is 3.21. The van der Waals surface area contributed by atoms with Crippen molar-refractivity contribution in [3.05, 3.63) is 40.1 Å². The molecule has 2 aromatic rings. The first-order chi connectivity index (χ1) is 9.60. The van der Waals surface area contributed by atoms with Gasteiger partial charge in [0, 0.05) is 23.7 Å². The van der Waals surface area contributed by atoms with Gasteiger partial charge in [-0.15, -0.1) is 5.10 Å². The number of rotatable bonds is 6. The summed E-state index contributed by atoms with van der Waals surface area (Å²) in [6.07, 6.45) is 2.30. The molecule has 0 aliphatic heterocycles. The van der Waals surface area contributed by atoms with Gasteiger partial charge < -0.3 is 10.4 Å². The average Bonchev–Trinajstić information content (AvgIpc) is 2.83. The lowest BCUT2D eigenvalue weighted by molar-refractivity contribution is 0.276. The molecular weight excluding hydrogens is 334 g/mol. The minimum Gasteiger partial charge on any atom is -0.396 e. The second kappa shape index (κ2) is 6.76. The van der Waals surface area contributed by atoms with Gasteiger partial charge in [0.05, 0.1) is 18.4 Å². The molecule has 0 spiro atoms. The van der Waals surface area contributed by atoms with Crippen LogP contribution in [-0.2, 0) is 13.1 Å². The molecule has 0 saturated heterocycles. The molecule has 1 aromatic heterocycles. The number of hydrogen-bond donors (Lipinski definition) is 2. The van der Waals surface area contributed by atoms with Crippen LogP contribution < -0.4 is 5.32 Å². The monoisotopic (exact) mass is 346 g/mol. The number of aliphatic hydroxyl groups excluding tert-OH is 1. The van der Waals surface area contributed by atoms with Crippen molar-refractivity contribution in [1.29, 1.82) is 0 Å². The third-order valence-electron chi connectivity index (χ3n) is 2.58. The fraction of sp³-hybridized carbons (Fsp3) is 0.333. The number of aryl methyl sites for hydroxylation is 1. The zero-order chi connectivity index (χ0) is 14.5. The molecule has 1 aromatic carbocycles. The Bertz CT molecular complexity index is 568. The van der Waals surface area contributed by atoms with Gasteiger partial charge >= 0.3 is 0 Å². The number of aromatic nitrogens is 3. The van der Waals surface area contributed by atoms with Gasteiger partial charge in [-0.05, 0) is 28.4 Å².